The Morgan fingerprint density at radius 2 is 2.00 bits per heavy atom. The van der Waals surface area contributed by atoms with Gasteiger partial charge in [0.15, 0.2) is 0 Å². The third-order valence-corrected chi connectivity index (χ3v) is 1.56. The second-order valence-corrected chi connectivity index (χ2v) is 2.55. The van der Waals surface area contributed by atoms with Crippen LogP contribution in [0, 0.1) is 0 Å². The highest BCUT2D eigenvalue weighted by atomic mass is 35.5. The van der Waals surface area contributed by atoms with E-state index in [1.807, 2.05) is 0 Å². The van der Waals surface area contributed by atoms with Crippen molar-refractivity contribution in [1.29, 1.82) is 0 Å². The zero-order chi connectivity index (χ0) is 8.97. The topological polar surface area (TPSA) is 49.7 Å². The van der Waals surface area contributed by atoms with Crippen LogP contribution in [0.3, 0.4) is 0 Å². The zero-order valence-corrected chi connectivity index (χ0v) is 6.82. The van der Waals surface area contributed by atoms with Gasteiger partial charge in [-0.2, -0.15) is 0 Å². The number of rotatable bonds is 2. The lowest BCUT2D eigenvalue weighted by atomic mass is 10.1. The lowest BCUT2D eigenvalue weighted by Gasteiger charge is -1.93. The highest BCUT2D eigenvalue weighted by molar-refractivity contribution is 6.35. The number of oxime groups is 1. The number of Topliss-reactive ketones (excluding diaryl/α,β-unsaturated/α-hetero) is 1. The molecule has 3 nitrogen and oxygen atoms in total. The number of carbonyl (C=O) groups is 1. The van der Waals surface area contributed by atoms with Gasteiger partial charge in [-0.1, -0.05) is 16.8 Å². The Labute approximate surface area is 74.3 Å². The first kappa shape index (κ1) is 8.74. The van der Waals surface area contributed by atoms with Gasteiger partial charge in [0.25, 0.3) is 0 Å². The molecule has 1 N–H and O–H groups in total. The molecular formula is C8H6ClNO2. The molecule has 12 heavy (non-hydrogen) atoms. The molecule has 0 spiro atoms. The predicted octanol–water partition coefficient (Wildman–Crippen LogP) is 1.98. The fourth-order valence-electron chi connectivity index (χ4n) is 0.741. The van der Waals surface area contributed by atoms with Crippen LogP contribution in [0.25, 0.3) is 0 Å². The summed E-state index contributed by atoms with van der Waals surface area (Å²) in [7, 11) is 0. The highest BCUT2D eigenvalue weighted by Gasteiger charge is 2.00. The summed E-state index contributed by atoms with van der Waals surface area (Å²) in [6.45, 7) is 0. The largest absolute Gasteiger partial charge is 0.411 e. The molecule has 0 fully saturated rings. The molecule has 0 amide bonds. The van der Waals surface area contributed by atoms with Gasteiger partial charge in [0.2, 0.25) is 5.78 Å². The van der Waals surface area contributed by atoms with Crippen LogP contribution in [0.15, 0.2) is 29.4 Å². The molecule has 62 valence electrons. The number of nitrogens with zero attached hydrogens (tertiary/aromatic N) is 1. The smallest absolute Gasteiger partial charge is 0.207 e. The van der Waals surface area contributed by atoms with Gasteiger partial charge in [-0.15, -0.1) is 0 Å². The van der Waals surface area contributed by atoms with E-state index < -0.39 is 0 Å². The van der Waals surface area contributed by atoms with E-state index in [1.54, 1.807) is 24.3 Å². The van der Waals surface area contributed by atoms with Crippen molar-refractivity contribution in [3.8, 4) is 0 Å². The van der Waals surface area contributed by atoms with E-state index in [1.165, 1.54) is 0 Å². The maximum atomic E-state index is 11.0. The first-order valence-corrected chi connectivity index (χ1v) is 3.59. The second kappa shape index (κ2) is 3.88. The van der Waals surface area contributed by atoms with Crippen LogP contribution in [0.2, 0.25) is 5.02 Å². The molecule has 0 unspecified atom stereocenters. The standard InChI is InChI=1S/C8H6ClNO2/c9-7-3-1-6(2-4-7)8(11)5-10-12/h1-5,12H/b10-5-. The van der Waals surface area contributed by atoms with Gasteiger partial charge in [-0.3, -0.25) is 4.79 Å². The number of hydrogen-bond acceptors (Lipinski definition) is 3. The molecule has 0 saturated heterocycles. The molecule has 1 rings (SSSR count). The Morgan fingerprint density at radius 1 is 1.42 bits per heavy atom. The van der Waals surface area contributed by atoms with Crippen LogP contribution < -0.4 is 0 Å². The molecule has 0 atom stereocenters. The van der Waals surface area contributed by atoms with Crippen molar-refractivity contribution in [2.24, 2.45) is 5.16 Å². The lowest BCUT2D eigenvalue weighted by Crippen LogP contribution is -1.99. The normalized spacial score (nSPS) is 10.4. The Bertz CT molecular complexity index is 305. The zero-order valence-electron chi connectivity index (χ0n) is 6.07. The van der Waals surface area contributed by atoms with Crippen molar-refractivity contribution in [1.82, 2.24) is 0 Å². The predicted molar refractivity (Wildman–Crippen MR) is 46.1 cm³/mol. The molecule has 0 aliphatic carbocycles. The molecule has 4 heteroatoms. The molecule has 0 saturated carbocycles. The average molecular weight is 184 g/mol. The van der Waals surface area contributed by atoms with Crippen molar-refractivity contribution >= 4 is 23.6 Å². The summed E-state index contributed by atoms with van der Waals surface area (Å²) in [4.78, 5) is 11.0. The van der Waals surface area contributed by atoms with E-state index in [2.05, 4.69) is 5.16 Å². The van der Waals surface area contributed by atoms with Gasteiger partial charge >= 0.3 is 0 Å². The quantitative estimate of drug-likeness (QED) is 0.330. The van der Waals surface area contributed by atoms with Crippen molar-refractivity contribution in [3.63, 3.8) is 0 Å². The molecule has 0 aromatic heterocycles. The minimum atomic E-state index is -0.353. The maximum absolute atomic E-state index is 11.0. The van der Waals surface area contributed by atoms with Crippen LogP contribution >= 0.6 is 11.6 Å². The van der Waals surface area contributed by atoms with E-state index >= 15 is 0 Å². The van der Waals surface area contributed by atoms with Crippen molar-refractivity contribution in [2.75, 3.05) is 0 Å². The van der Waals surface area contributed by atoms with Gasteiger partial charge in [0, 0.05) is 10.6 Å². The summed E-state index contributed by atoms with van der Waals surface area (Å²) in [5.74, 6) is -0.353. The number of ketones is 1. The summed E-state index contributed by atoms with van der Waals surface area (Å²) < 4.78 is 0. The minimum absolute atomic E-state index is 0.353. The number of hydrogen-bond donors (Lipinski definition) is 1. The molecule has 0 radical (unpaired) electrons. The van der Waals surface area contributed by atoms with Gasteiger partial charge in [0.1, 0.15) is 6.21 Å². The molecule has 1 aromatic rings. The third kappa shape index (κ3) is 2.07. The summed E-state index contributed by atoms with van der Waals surface area (Å²) in [6, 6.07) is 6.32. The van der Waals surface area contributed by atoms with Crippen molar-refractivity contribution < 1.29 is 10.0 Å². The van der Waals surface area contributed by atoms with E-state index in [9.17, 15) is 4.79 Å². The van der Waals surface area contributed by atoms with Crippen LogP contribution in [-0.4, -0.2) is 17.2 Å². The van der Waals surface area contributed by atoms with Crippen molar-refractivity contribution in [2.45, 2.75) is 0 Å². The van der Waals surface area contributed by atoms with E-state index in [0.717, 1.165) is 6.21 Å². The molecule has 0 aliphatic rings. The van der Waals surface area contributed by atoms with E-state index in [-0.39, 0.29) is 5.78 Å². The summed E-state index contributed by atoms with van der Waals surface area (Å²) in [5.41, 5.74) is 0.442. The van der Waals surface area contributed by atoms with Crippen LogP contribution in [0.4, 0.5) is 0 Å². The summed E-state index contributed by atoms with van der Waals surface area (Å²) >= 11 is 5.60. The Hall–Kier alpha value is -1.35. The fraction of sp³-hybridized carbons (Fsp3) is 0. The summed E-state index contributed by atoms with van der Waals surface area (Å²) in [5, 5.41) is 11.3. The number of halogens is 1. The molecule has 0 heterocycles. The minimum Gasteiger partial charge on any atom is -0.411 e. The lowest BCUT2D eigenvalue weighted by molar-refractivity contribution is 0.106. The van der Waals surface area contributed by atoms with Gasteiger partial charge in [-0.05, 0) is 24.3 Å². The first-order chi connectivity index (χ1) is 5.74. The van der Waals surface area contributed by atoms with Crippen LogP contribution in [0.1, 0.15) is 10.4 Å². The third-order valence-electron chi connectivity index (χ3n) is 1.30. The second-order valence-electron chi connectivity index (χ2n) is 2.12. The van der Waals surface area contributed by atoms with Gasteiger partial charge < -0.3 is 5.21 Å². The van der Waals surface area contributed by atoms with E-state index in [4.69, 9.17) is 16.8 Å². The monoisotopic (exact) mass is 183 g/mol. The van der Waals surface area contributed by atoms with Gasteiger partial charge in [-0.25, -0.2) is 0 Å². The Morgan fingerprint density at radius 3 is 2.50 bits per heavy atom. The maximum Gasteiger partial charge on any atom is 0.207 e. The molecule has 0 aliphatic heterocycles. The van der Waals surface area contributed by atoms with Crippen LogP contribution in [-0.2, 0) is 0 Å². The van der Waals surface area contributed by atoms with Gasteiger partial charge in [0.05, 0.1) is 0 Å². The first-order valence-electron chi connectivity index (χ1n) is 3.21. The molecular weight excluding hydrogens is 178 g/mol. The SMILES string of the molecule is O=C(/C=N\O)c1ccc(Cl)cc1. The molecule has 0 bridgehead atoms. The van der Waals surface area contributed by atoms with Crippen molar-refractivity contribution in [3.05, 3.63) is 34.9 Å². The van der Waals surface area contributed by atoms with E-state index in [0.29, 0.717) is 10.6 Å². The summed E-state index contributed by atoms with van der Waals surface area (Å²) in [6.07, 6.45) is 0.837. The fourth-order valence-corrected chi connectivity index (χ4v) is 0.867. The molecule has 1 aromatic carbocycles. The Kier molecular flexibility index (Phi) is 2.82. The number of benzene rings is 1. The van der Waals surface area contributed by atoms with Crippen LogP contribution in [0.5, 0.6) is 0 Å². The number of carbonyl (C=O) groups excluding carboxylic acids is 1. The highest BCUT2D eigenvalue weighted by Crippen LogP contribution is 2.09. The Balaban J connectivity index is 2.90. The average Bonchev–Trinajstić information content (AvgIpc) is 2.06.